The highest BCUT2D eigenvalue weighted by molar-refractivity contribution is 5.87. The molecule has 0 bridgehead atoms. The lowest BCUT2D eigenvalue weighted by atomic mass is 9.98. The Morgan fingerprint density at radius 3 is 2.30 bits per heavy atom. The Morgan fingerprint density at radius 1 is 0.957 bits per heavy atom. The molecule has 1 aromatic rings. The summed E-state index contributed by atoms with van der Waals surface area (Å²) < 4.78 is 38.3. The van der Waals surface area contributed by atoms with E-state index in [-0.39, 0.29) is 11.5 Å². The van der Waals surface area contributed by atoms with Gasteiger partial charge in [-0.05, 0) is 23.8 Å². The van der Waals surface area contributed by atoms with Gasteiger partial charge < -0.3 is 84.2 Å². The van der Waals surface area contributed by atoms with E-state index in [1.807, 2.05) is 0 Å². The molecule has 10 N–H and O–H groups in total. The fourth-order valence-corrected chi connectivity index (χ4v) is 5.30. The van der Waals surface area contributed by atoms with Crippen molar-refractivity contribution in [1.29, 1.82) is 0 Å². The molecule has 3 fully saturated rings. The van der Waals surface area contributed by atoms with E-state index in [1.165, 1.54) is 31.4 Å². The first kappa shape index (κ1) is 36.3. The number of aromatic hydroxyl groups is 1. The Bertz CT molecular complexity index is 1180. The minimum absolute atomic E-state index is 0.114. The van der Waals surface area contributed by atoms with E-state index < -0.39 is 118 Å². The average molecular weight is 665 g/mol. The second-order valence-electron chi connectivity index (χ2n) is 11.0. The van der Waals surface area contributed by atoms with Crippen LogP contribution in [0.5, 0.6) is 11.5 Å². The lowest BCUT2D eigenvalue weighted by Gasteiger charge is -2.45. The molecule has 13 atom stereocenters. The van der Waals surface area contributed by atoms with Crippen LogP contribution in [0.15, 0.2) is 24.3 Å². The van der Waals surface area contributed by atoms with E-state index in [0.29, 0.717) is 5.56 Å². The zero-order chi connectivity index (χ0) is 33.8. The molecule has 0 radical (unpaired) electrons. The molecule has 0 aliphatic carbocycles. The van der Waals surface area contributed by atoms with Gasteiger partial charge in [-0.2, -0.15) is 0 Å². The van der Waals surface area contributed by atoms with Gasteiger partial charge in [-0.3, -0.25) is 0 Å². The molecular weight excluding hydrogens is 624 g/mol. The van der Waals surface area contributed by atoms with Gasteiger partial charge in [-0.25, -0.2) is 4.79 Å². The molecule has 0 unspecified atom stereocenters. The van der Waals surface area contributed by atoms with Crippen LogP contribution < -0.4 is 4.74 Å². The number of hydrogen-bond donors (Lipinski definition) is 10. The molecule has 260 valence electrons. The minimum Gasteiger partial charge on any atom is -0.504 e. The Labute approximate surface area is 262 Å². The van der Waals surface area contributed by atoms with E-state index in [1.54, 1.807) is 0 Å². The summed E-state index contributed by atoms with van der Waals surface area (Å²) in [7, 11) is 1.35. The first-order valence-electron chi connectivity index (χ1n) is 14.3. The number of hydrogen-bond acceptors (Lipinski definition) is 18. The first-order valence-corrected chi connectivity index (χ1v) is 14.3. The molecule has 0 aromatic heterocycles. The molecule has 3 aliphatic heterocycles. The second kappa shape index (κ2) is 15.6. The number of benzene rings is 1. The van der Waals surface area contributed by atoms with Crippen LogP contribution in [0.1, 0.15) is 12.0 Å². The standard InChI is InChI=1S/C28H40O18/c1-40-15-6-12(2-4-13(15)32)3-5-19(34)41-10-18-25(44-27-24(38)23(37)21(35)16(8-29)43-27)14(33)7-20(42-18)46-28(11-31)26(39)22(36)17(9-30)45-28/h2-6,14,16-18,20-27,29-33,35-39H,7-11H2,1H3/b5-3+/t14-,16-,17-,18-,20-,21-,22-,23+,24-,25+,26+,27+,28+/m1/s1. The Morgan fingerprint density at radius 2 is 1.67 bits per heavy atom. The number of rotatable bonds is 12. The Kier molecular flexibility index (Phi) is 12.3. The van der Waals surface area contributed by atoms with Crippen molar-refractivity contribution < 1.29 is 89.0 Å². The van der Waals surface area contributed by atoms with E-state index in [2.05, 4.69) is 0 Å². The van der Waals surface area contributed by atoms with Gasteiger partial charge in [0, 0.05) is 12.5 Å². The van der Waals surface area contributed by atoms with Crippen molar-refractivity contribution >= 4 is 12.0 Å². The maximum atomic E-state index is 12.6. The molecule has 1 aromatic carbocycles. The summed E-state index contributed by atoms with van der Waals surface area (Å²) in [5, 5.41) is 101. The molecule has 0 spiro atoms. The number of ether oxygens (including phenoxy) is 7. The zero-order valence-corrected chi connectivity index (χ0v) is 24.6. The zero-order valence-electron chi connectivity index (χ0n) is 24.6. The topological polar surface area (TPSA) is 284 Å². The fraction of sp³-hybridized carbons (Fsp3) is 0.679. The SMILES string of the molecule is COc1cc(/C=C/C(=O)OC[C@H]2O[C@H](O[C@]3(CO)O[C@H](CO)[C@@H](O)[C@@H]3O)C[C@@H](O)[C@@H]2O[C@@H]2O[C@H](CO)[C@@H](O)[C@H](O)[C@H]2O)ccc1O. The van der Waals surface area contributed by atoms with Gasteiger partial charge in [0.25, 0.3) is 0 Å². The Balaban J connectivity index is 1.51. The molecule has 0 saturated carbocycles. The molecule has 18 heteroatoms. The summed E-state index contributed by atoms with van der Waals surface area (Å²) in [4.78, 5) is 12.6. The number of phenolic OH excluding ortho intramolecular Hbond substituents is 1. The van der Waals surface area contributed by atoms with Crippen molar-refractivity contribution in [2.24, 2.45) is 0 Å². The van der Waals surface area contributed by atoms with Crippen molar-refractivity contribution in [3.05, 3.63) is 29.8 Å². The van der Waals surface area contributed by atoms with Gasteiger partial charge in [-0.1, -0.05) is 6.07 Å². The molecule has 3 heterocycles. The van der Waals surface area contributed by atoms with Crippen LogP contribution in [-0.2, 0) is 33.2 Å². The summed E-state index contributed by atoms with van der Waals surface area (Å²) in [6, 6.07) is 4.32. The van der Waals surface area contributed by atoms with Crippen LogP contribution >= 0.6 is 0 Å². The highest BCUT2D eigenvalue weighted by Crippen LogP contribution is 2.37. The molecule has 18 nitrogen and oxygen atoms in total. The molecule has 3 aliphatic rings. The van der Waals surface area contributed by atoms with Crippen molar-refractivity contribution in [3.8, 4) is 11.5 Å². The summed E-state index contributed by atoms with van der Waals surface area (Å²) in [6.45, 7) is -3.11. The number of carbonyl (C=O) groups is 1. The summed E-state index contributed by atoms with van der Waals surface area (Å²) in [5.74, 6) is -3.13. The van der Waals surface area contributed by atoms with Crippen molar-refractivity contribution in [3.63, 3.8) is 0 Å². The van der Waals surface area contributed by atoms with Gasteiger partial charge >= 0.3 is 5.97 Å². The number of phenols is 1. The lowest BCUT2D eigenvalue weighted by molar-refractivity contribution is -0.379. The summed E-state index contributed by atoms with van der Waals surface area (Å²) >= 11 is 0. The third kappa shape index (κ3) is 7.77. The highest BCUT2D eigenvalue weighted by Gasteiger charge is 2.57. The maximum absolute atomic E-state index is 12.6. The summed E-state index contributed by atoms with van der Waals surface area (Å²) in [5.41, 5.74) is 0.473. The van der Waals surface area contributed by atoms with Crippen LogP contribution in [0.2, 0.25) is 0 Å². The second-order valence-corrected chi connectivity index (χ2v) is 11.0. The largest absolute Gasteiger partial charge is 0.504 e. The van der Waals surface area contributed by atoms with Gasteiger partial charge in [0.2, 0.25) is 5.79 Å². The number of esters is 1. The molecule has 46 heavy (non-hydrogen) atoms. The smallest absolute Gasteiger partial charge is 0.330 e. The van der Waals surface area contributed by atoms with Crippen molar-refractivity contribution in [2.45, 2.75) is 85.8 Å². The van der Waals surface area contributed by atoms with Gasteiger partial charge in [0.1, 0.15) is 68.1 Å². The predicted octanol–water partition coefficient (Wildman–Crippen LogP) is -4.56. The van der Waals surface area contributed by atoms with E-state index in [0.717, 1.165) is 6.08 Å². The quantitative estimate of drug-likeness (QED) is 0.0743. The highest BCUT2D eigenvalue weighted by atomic mass is 16.8. The van der Waals surface area contributed by atoms with Crippen molar-refractivity contribution in [1.82, 2.24) is 0 Å². The lowest BCUT2D eigenvalue weighted by Crippen LogP contribution is -2.62. The molecule has 4 rings (SSSR count). The molecule has 0 amide bonds. The fourth-order valence-electron chi connectivity index (χ4n) is 5.30. The normalized spacial score (nSPS) is 39.9. The monoisotopic (exact) mass is 664 g/mol. The molecule has 3 saturated heterocycles. The van der Waals surface area contributed by atoms with Gasteiger partial charge in [-0.15, -0.1) is 0 Å². The summed E-state index contributed by atoms with van der Waals surface area (Å²) in [6.07, 6.45) is -17.2. The van der Waals surface area contributed by atoms with Crippen LogP contribution in [-0.4, -0.2) is 170 Å². The van der Waals surface area contributed by atoms with Gasteiger partial charge in [0.15, 0.2) is 24.1 Å². The number of carbonyl (C=O) groups excluding carboxylic acids is 1. The third-order valence-corrected chi connectivity index (χ3v) is 7.89. The minimum atomic E-state index is -2.28. The first-order chi connectivity index (χ1) is 21.9. The maximum Gasteiger partial charge on any atom is 0.330 e. The van der Waals surface area contributed by atoms with Crippen LogP contribution in [0, 0.1) is 0 Å². The third-order valence-electron chi connectivity index (χ3n) is 7.89. The Hall–Kier alpha value is -2.53. The van der Waals surface area contributed by atoms with Crippen LogP contribution in [0.3, 0.4) is 0 Å². The van der Waals surface area contributed by atoms with E-state index >= 15 is 0 Å². The number of methoxy groups -OCH3 is 1. The van der Waals surface area contributed by atoms with Crippen LogP contribution in [0.25, 0.3) is 6.08 Å². The van der Waals surface area contributed by atoms with Gasteiger partial charge in [0.05, 0.1) is 26.4 Å². The number of aliphatic hydroxyl groups is 9. The van der Waals surface area contributed by atoms with Crippen LogP contribution in [0.4, 0.5) is 0 Å². The number of aliphatic hydroxyl groups excluding tert-OH is 9. The van der Waals surface area contributed by atoms with E-state index in [9.17, 15) is 55.9 Å². The average Bonchev–Trinajstić information content (AvgIpc) is 3.29. The molecular formula is C28H40O18. The predicted molar refractivity (Wildman–Crippen MR) is 147 cm³/mol. The van der Waals surface area contributed by atoms with E-state index in [4.69, 9.17) is 33.2 Å². The van der Waals surface area contributed by atoms with Crippen molar-refractivity contribution in [2.75, 3.05) is 33.5 Å².